The van der Waals surface area contributed by atoms with E-state index in [1.165, 1.54) is 173 Å². The Balaban J connectivity index is 1.37. The fraction of sp³-hybridized carbons (Fsp3) is 1.00. The summed E-state index contributed by atoms with van der Waals surface area (Å²) in [5.74, 6) is 1.71. The Morgan fingerprint density at radius 1 is 0.475 bits per heavy atom. The maximum Gasteiger partial charge on any atom is 0.187 e. The molecule has 12 nitrogen and oxygen atoms in total. The van der Waals surface area contributed by atoms with Crippen molar-refractivity contribution in [2.24, 2.45) is 0 Å². The third-order valence-corrected chi connectivity index (χ3v) is 13.4. The summed E-state index contributed by atoms with van der Waals surface area (Å²) in [5.41, 5.74) is 0. The van der Waals surface area contributed by atoms with E-state index in [4.69, 9.17) is 23.7 Å². The van der Waals surface area contributed by atoms with Gasteiger partial charge >= 0.3 is 0 Å². The largest absolute Gasteiger partial charge is 0.394 e. The first-order chi connectivity index (χ1) is 28.8. The standard InChI is InChI=1S/C46H90O12S/c1-3-4-5-6-7-8-9-10-11-12-13-14-15-16-17-18-19-20-21-22-23-24-25-26-27-28-29-30-31-59-35-36(54-2)34-55-45-43(53)41(51)44(38(33-48)57-45)58-46-42(52)40(50)39(49)37(32-47)56-46/h36-53H,3-35H2,1-2H3/t36?,37?,38?,39-,40-,41+,42?,43?,44+,45+,46-/m0/s1. The van der Waals surface area contributed by atoms with E-state index >= 15 is 0 Å². The average Bonchev–Trinajstić information content (AvgIpc) is 3.24. The molecule has 2 aliphatic rings. The van der Waals surface area contributed by atoms with Crippen LogP contribution in [0.15, 0.2) is 0 Å². The number of ether oxygens (including phenoxy) is 5. The number of hydrogen-bond acceptors (Lipinski definition) is 13. The van der Waals surface area contributed by atoms with Gasteiger partial charge in [0.05, 0.1) is 25.9 Å². The lowest BCUT2D eigenvalue weighted by Gasteiger charge is -2.46. The van der Waals surface area contributed by atoms with Gasteiger partial charge in [-0.2, -0.15) is 11.8 Å². The Hall–Kier alpha value is -0.130. The van der Waals surface area contributed by atoms with Crippen LogP contribution >= 0.6 is 11.8 Å². The minimum absolute atomic E-state index is 0.0912. The summed E-state index contributed by atoms with van der Waals surface area (Å²) in [6.45, 7) is 1.11. The Kier molecular flexibility index (Phi) is 33.8. The Labute approximate surface area is 362 Å². The molecule has 59 heavy (non-hydrogen) atoms. The Morgan fingerprint density at radius 2 is 0.864 bits per heavy atom. The number of aliphatic hydroxyl groups excluding tert-OH is 7. The maximum absolute atomic E-state index is 10.8. The summed E-state index contributed by atoms with van der Waals surface area (Å²) in [6.07, 6.45) is 24.0. The fourth-order valence-corrected chi connectivity index (χ4v) is 9.24. The SMILES string of the molecule is CCCCCCCCCCCCCCCCCCCCCCCCCCCCCCSCC(CO[C@@H]1OC(CO)[C@@H](O[C@@H]2OC(CO)[C@H](O)[C@H](O)C2O)[C@H](O)C1O)OC. The lowest BCUT2D eigenvalue weighted by atomic mass is 9.97. The summed E-state index contributed by atoms with van der Waals surface area (Å²) in [5, 5.41) is 71.4. The molecule has 11 atom stereocenters. The molecule has 0 bridgehead atoms. The molecule has 0 aliphatic carbocycles. The maximum atomic E-state index is 10.8. The molecule has 0 aromatic carbocycles. The van der Waals surface area contributed by atoms with Crippen molar-refractivity contribution in [2.45, 2.75) is 254 Å². The molecule has 2 fully saturated rings. The van der Waals surface area contributed by atoms with Gasteiger partial charge in [-0.05, 0) is 12.2 Å². The van der Waals surface area contributed by atoms with Crippen LogP contribution in [0, 0.1) is 0 Å². The second-order valence-corrected chi connectivity index (χ2v) is 18.5. The highest BCUT2D eigenvalue weighted by atomic mass is 32.2. The molecule has 5 unspecified atom stereocenters. The van der Waals surface area contributed by atoms with Crippen LogP contribution in [0.4, 0.5) is 0 Å². The molecule has 7 N–H and O–H groups in total. The van der Waals surface area contributed by atoms with Gasteiger partial charge in [-0.1, -0.05) is 180 Å². The third-order valence-electron chi connectivity index (χ3n) is 12.2. The van der Waals surface area contributed by atoms with Crippen LogP contribution in [0.3, 0.4) is 0 Å². The molecule has 0 saturated carbocycles. The van der Waals surface area contributed by atoms with Crippen molar-refractivity contribution >= 4 is 11.8 Å². The second kappa shape index (κ2) is 36.2. The van der Waals surface area contributed by atoms with Crippen molar-refractivity contribution in [3.63, 3.8) is 0 Å². The number of methoxy groups -OCH3 is 1. The molecule has 2 saturated heterocycles. The van der Waals surface area contributed by atoms with E-state index < -0.39 is 74.6 Å². The molecule has 2 heterocycles. The zero-order valence-electron chi connectivity index (χ0n) is 37.3. The van der Waals surface area contributed by atoms with E-state index in [-0.39, 0.29) is 12.7 Å². The van der Waals surface area contributed by atoms with Crippen LogP contribution in [0.5, 0.6) is 0 Å². The molecule has 352 valence electrons. The van der Waals surface area contributed by atoms with E-state index in [1.54, 1.807) is 18.9 Å². The van der Waals surface area contributed by atoms with Crippen LogP contribution < -0.4 is 0 Å². The normalized spacial score (nSPS) is 28.0. The van der Waals surface area contributed by atoms with Crippen molar-refractivity contribution in [2.75, 3.05) is 38.4 Å². The lowest BCUT2D eigenvalue weighted by Crippen LogP contribution is -2.64. The molecule has 13 heteroatoms. The molecular formula is C46H90O12S. The number of unbranched alkanes of at least 4 members (excludes halogenated alkanes) is 27. The smallest absolute Gasteiger partial charge is 0.187 e. The number of aliphatic hydroxyl groups is 7. The van der Waals surface area contributed by atoms with E-state index in [2.05, 4.69) is 6.92 Å². The van der Waals surface area contributed by atoms with Crippen LogP contribution in [-0.2, 0) is 23.7 Å². The van der Waals surface area contributed by atoms with Gasteiger partial charge in [-0.3, -0.25) is 0 Å². The van der Waals surface area contributed by atoms with Gasteiger partial charge in [0.2, 0.25) is 0 Å². The monoisotopic (exact) mass is 867 g/mol. The van der Waals surface area contributed by atoms with Gasteiger partial charge in [0.15, 0.2) is 12.6 Å². The molecule has 2 aliphatic heterocycles. The summed E-state index contributed by atoms with van der Waals surface area (Å²) in [4.78, 5) is 0. The van der Waals surface area contributed by atoms with Crippen LogP contribution in [0.25, 0.3) is 0 Å². The predicted octanol–water partition coefficient (Wildman–Crippen LogP) is 7.32. The Bertz CT molecular complexity index is 934. The first kappa shape index (κ1) is 55.0. The number of thioether (sulfide) groups is 1. The molecule has 2 rings (SSSR count). The van der Waals surface area contributed by atoms with Gasteiger partial charge in [0.1, 0.15) is 48.8 Å². The lowest BCUT2D eigenvalue weighted by molar-refractivity contribution is -0.360. The summed E-state index contributed by atoms with van der Waals surface area (Å²) >= 11 is 1.78. The molecular weight excluding hydrogens is 777 g/mol. The van der Waals surface area contributed by atoms with Crippen molar-refractivity contribution in [1.29, 1.82) is 0 Å². The molecule has 0 aromatic heterocycles. The minimum atomic E-state index is -1.72. The van der Waals surface area contributed by atoms with Crippen molar-refractivity contribution in [3.05, 3.63) is 0 Å². The van der Waals surface area contributed by atoms with E-state index in [1.807, 2.05) is 0 Å². The number of rotatable bonds is 39. The quantitative estimate of drug-likeness (QED) is 0.0305. The highest BCUT2D eigenvalue weighted by molar-refractivity contribution is 7.99. The fourth-order valence-electron chi connectivity index (χ4n) is 8.17. The van der Waals surface area contributed by atoms with Crippen LogP contribution in [-0.4, -0.2) is 142 Å². The summed E-state index contributed by atoms with van der Waals surface area (Å²) in [7, 11) is 1.59. The van der Waals surface area contributed by atoms with E-state index in [0.29, 0.717) is 5.75 Å². The topological polar surface area (TPSA) is 188 Å². The summed E-state index contributed by atoms with van der Waals surface area (Å²) in [6, 6.07) is 0. The van der Waals surface area contributed by atoms with Gasteiger partial charge < -0.3 is 59.4 Å². The second-order valence-electron chi connectivity index (χ2n) is 17.3. The highest BCUT2D eigenvalue weighted by Gasteiger charge is 2.50. The third kappa shape index (κ3) is 23.9. The average molecular weight is 867 g/mol. The Morgan fingerprint density at radius 3 is 1.27 bits per heavy atom. The summed E-state index contributed by atoms with van der Waals surface area (Å²) < 4.78 is 28.0. The van der Waals surface area contributed by atoms with Crippen molar-refractivity contribution in [3.8, 4) is 0 Å². The van der Waals surface area contributed by atoms with Gasteiger partial charge in [-0.25, -0.2) is 0 Å². The van der Waals surface area contributed by atoms with Gasteiger partial charge in [0, 0.05) is 12.9 Å². The molecule has 0 amide bonds. The first-order valence-corrected chi connectivity index (χ1v) is 25.2. The van der Waals surface area contributed by atoms with Crippen molar-refractivity contribution in [1.82, 2.24) is 0 Å². The van der Waals surface area contributed by atoms with E-state index in [9.17, 15) is 35.7 Å². The van der Waals surface area contributed by atoms with E-state index in [0.717, 1.165) is 12.2 Å². The number of hydrogen-bond donors (Lipinski definition) is 7. The van der Waals surface area contributed by atoms with Crippen LogP contribution in [0.1, 0.15) is 187 Å². The first-order valence-electron chi connectivity index (χ1n) is 24.1. The van der Waals surface area contributed by atoms with Gasteiger partial charge in [-0.15, -0.1) is 0 Å². The zero-order valence-corrected chi connectivity index (χ0v) is 38.1. The van der Waals surface area contributed by atoms with Crippen LogP contribution in [0.2, 0.25) is 0 Å². The predicted molar refractivity (Wildman–Crippen MR) is 235 cm³/mol. The zero-order chi connectivity index (χ0) is 42.9. The highest BCUT2D eigenvalue weighted by Crippen LogP contribution is 2.30. The minimum Gasteiger partial charge on any atom is -0.394 e. The molecule has 0 aromatic rings. The molecule has 0 spiro atoms. The molecule has 0 radical (unpaired) electrons. The van der Waals surface area contributed by atoms with Gasteiger partial charge in [0.25, 0.3) is 0 Å². The van der Waals surface area contributed by atoms with Crippen molar-refractivity contribution < 1.29 is 59.4 Å².